The summed E-state index contributed by atoms with van der Waals surface area (Å²) < 4.78 is 39.3. The van der Waals surface area contributed by atoms with Gasteiger partial charge >= 0.3 is 6.18 Å². The number of likely N-dealkylation sites (N-methyl/N-ethyl adjacent to an activating group) is 1. The molecule has 0 fully saturated rings. The van der Waals surface area contributed by atoms with Crippen LogP contribution in [0.5, 0.6) is 0 Å². The van der Waals surface area contributed by atoms with Gasteiger partial charge in [-0.05, 0) is 14.1 Å². The molecule has 1 heterocycles. The predicted molar refractivity (Wildman–Crippen MR) is 56.5 cm³/mol. The summed E-state index contributed by atoms with van der Waals surface area (Å²) in [6.45, 7) is 0.413. The van der Waals surface area contributed by atoms with Gasteiger partial charge in [0.1, 0.15) is 5.69 Å². The van der Waals surface area contributed by atoms with Crippen molar-refractivity contribution in [3.63, 3.8) is 0 Å². The zero-order chi connectivity index (χ0) is 13.9. The average Bonchev–Trinajstić information content (AvgIpc) is 2.56. The van der Waals surface area contributed by atoms with Crippen molar-refractivity contribution in [2.75, 3.05) is 20.6 Å². The van der Waals surface area contributed by atoms with E-state index in [0.29, 0.717) is 6.54 Å². The third kappa shape index (κ3) is 3.69. The molecule has 1 aromatic rings. The molecule has 0 aliphatic carbocycles. The molecule has 2 N–H and O–H groups in total. The SMILES string of the molecule is CN(C)CCn1nnc(CC(N)=O)c1C(F)(F)F. The topological polar surface area (TPSA) is 77.0 Å². The maximum Gasteiger partial charge on any atom is 0.434 e. The Balaban J connectivity index is 3.04. The molecule has 1 rings (SSSR count). The van der Waals surface area contributed by atoms with Crippen LogP contribution >= 0.6 is 0 Å². The number of nitrogens with two attached hydrogens (primary N) is 1. The maximum atomic E-state index is 12.9. The molecular weight excluding hydrogens is 251 g/mol. The van der Waals surface area contributed by atoms with Crippen molar-refractivity contribution in [3.05, 3.63) is 11.4 Å². The Kier molecular flexibility index (Phi) is 4.28. The zero-order valence-electron chi connectivity index (χ0n) is 10.0. The lowest BCUT2D eigenvalue weighted by atomic mass is 10.2. The van der Waals surface area contributed by atoms with Crippen LogP contribution in [0.15, 0.2) is 0 Å². The average molecular weight is 265 g/mol. The Morgan fingerprint density at radius 2 is 2.06 bits per heavy atom. The molecule has 0 aromatic carbocycles. The first-order chi connectivity index (χ1) is 8.21. The first-order valence-corrected chi connectivity index (χ1v) is 5.14. The summed E-state index contributed by atoms with van der Waals surface area (Å²) >= 11 is 0. The van der Waals surface area contributed by atoms with Crippen molar-refractivity contribution in [2.45, 2.75) is 19.1 Å². The molecule has 0 bridgehead atoms. The summed E-state index contributed by atoms with van der Waals surface area (Å²) in [7, 11) is 3.46. The number of amides is 1. The van der Waals surface area contributed by atoms with Gasteiger partial charge in [-0.25, -0.2) is 4.68 Å². The van der Waals surface area contributed by atoms with Gasteiger partial charge in [-0.2, -0.15) is 13.2 Å². The molecule has 0 saturated carbocycles. The Morgan fingerprint density at radius 1 is 1.44 bits per heavy atom. The van der Waals surface area contributed by atoms with E-state index in [4.69, 9.17) is 5.73 Å². The van der Waals surface area contributed by atoms with Crippen molar-refractivity contribution in [2.24, 2.45) is 5.73 Å². The molecule has 0 spiro atoms. The molecule has 1 amide bonds. The lowest BCUT2D eigenvalue weighted by Gasteiger charge is -2.13. The monoisotopic (exact) mass is 265 g/mol. The van der Waals surface area contributed by atoms with Gasteiger partial charge in [-0.1, -0.05) is 5.21 Å². The molecule has 0 unspecified atom stereocenters. The lowest BCUT2D eigenvalue weighted by Crippen LogP contribution is -2.24. The largest absolute Gasteiger partial charge is 0.434 e. The Morgan fingerprint density at radius 3 is 2.50 bits per heavy atom. The number of carbonyl (C=O) groups excluding carboxylic acids is 1. The van der Waals surface area contributed by atoms with Crippen molar-refractivity contribution in [3.8, 4) is 0 Å². The molecule has 102 valence electrons. The van der Waals surface area contributed by atoms with Gasteiger partial charge in [0.25, 0.3) is 0 Å². The Labute approximate surface area is 102 Å². The van der Waals surface area contributed by atoms with Crippen LogP contribution in [0, 0.1) is 0 Å². The van der Waals surface area contributed by atoms with Crippen LogP contribution in [0.1, 0.15) is 11.4 Å². The summed E-state index contributed by atoms with van der Waals surface area (Å²) in [5.41, 5.74) is 3.43. The minimum absolute atomic E-state index is 0.0353. The maximum absolute atomic E-state index is 12.9. The Bertz CT molecular complexity index is 426. The van der Waals surface area contributed by atoms with Crippen LogP contribution in [-0.2, 0) is 23.9 Å². The van der Waals surface area contributed by atoms with Gasteiger partial charge < -0.3 is 10.6 Å². The standard InChI is InChI=1S/C9H14F3N5O/c1-16(2)3-4-17-8(9(10,11)12)6(14-15-17)5-7(13)18/h3-5H2,1-2H3,(H2,13,18). The number of primary amides is 1. The minimum Gasteiger partial charge on any atom is -0.369 e. The first kappa shape index (κ1) is 14.4. The number of rotatable bonds is 5. The molecule has 18 heavy (non-hydrogen) atoms. The van der Waals surface area contributed by atoms with Crippen LogP contribution in [-0.4, -0.2) is 46.4 Å². The van der Waals surface area contributed by atoms with E-state index >= 15 is 0 Å². The molecule has 9 heteroatoms. The molecule has 0 aliphatic rings. The van der Waals surface area contributed by atoms with E-state index in [1.807, 2.05) is 0 Å². The van der Waals surface area contributed by atoms with Crippen LogP contribution in [0.4, 0.5) is 13.2 Å². The smallest absolute Gasteiger partial charge is 0.369 e. The van der Waals surface area contributed by atoms with Crippen LogP contribution in [0.3, 0.4) is 0 Å². The highest BCUT2D eigenvalue weighted by Gasteiger charge is 2.39. The second-order valence-corrected chi connectivity index (χ2v) is 4.05. The fraction of sp³-hybridized carbons (Fsp3) is 0.667. The van der Waals surface area contributed by atoms with Gasteiger partial charge in [-0.3, -0.25) is 4.79 Å². The van der Waals surface area contributed by atoms with E-state index in [1.54, 1.807) is 19.0 Å². The molecular formula is C9H14F3N5O. The number of alkyl halides is 3. The number of hydrogen-bond acceptors (Lipinski definition) is 4. The fourth-order valence-corrected chi connectivity index (χ4v) is 1.39. The van der Waals surface area contributed by atoms with E-state index in [2.05, 4.69) is 10.3 Å². The number of nitrogens with zero attached hydrogens (tertiary/aromatic N) is 4. The summed E-state index contributed by atoms with van der Waals surface area (Å²) in [6.07, 6.45) is -5.18. The number of aromatic nitrogens is 3. The van der Waals surface area contributed by atoms with Gasteiger partial charge in [0, 0.05) is 6.54 Å². The lowest BCUT2D eigenvalue weighted by molar-refractivity contribution is -0.145. The van der Waals surface area contributed by atoms with Crippen molar-refractivity contribution in [1.82, 2.24) is 19.9 Å². The molecule has 6 nitrogen and oxygen atoms in total. The zero-order valence-corrected chi connectivity index (χ0v) is 10.0. The van der Waals surface area contributed by atoms with Crippen LogP contribution in [0.25, 0.3) is 0 Å². The van der Waals surface area contributed by atoms with E-state index in [0.717, 1.165) is 4.68 Å². The van der Waals surface area contributed by atoms with E-state index in [9.17, 15) is 18.0 Å². The summed E-state index contributed by atoms with van der Waals surface area (Å²) in [4.78, 5) is 12.4. The summed E-state index contributed by atoms with van der Waals surface area (Å²) in [5, 5.41) is 6.79. The van der Waals surface area contributed by atoms with E-state index in [-0.39, 0.29) is 6.54 Å². The molecule has 1 aromatic heterocycles. The second kappa shape index (κ2) is 5.34. The number of carbonyl (C=O) groups is 1. The van der Waals surface area contributed by atoms with Gasteiger partial charge in [-0.15, -0.1) is 5.10 Å². The van der Waals surface area contributed by atoms with Gasteiger partial charge in [0.2, 0.25) is 5.91 Å². The minimum atomic E-state index is -4.61. The summed E-state index contributed by atoms with van der Waals surface area (Å²) in [6, 6.07) is 0. The van der Waals surface area contributed by atoms with Gasteiger partial charge in [0.05, 0.1) is 13.0 Å². The molecule has 0 saturated heterocycles. The highest BCUT2D eigenvalue weighted by molar-refractivity contribution is 5.76. The normalized spacial score (nSPS) is 12.1. The number of hydrogen-bond donors (Lipinski definition) is 1. The highest BCUT2D eigenvalue weighted by atomic mass is 19.4. The highest BCUT2D eigenvalue weighted by Crippen LogP contribution is 2.31. The first-order valence-electron chi connectivity index (χ1n) is 5.14. The summed E-state index contributed by atoms with van der Waals surface area (Å²) in [5.74, 6) is -0.875. The Hall–Kier alpha value is -1.64. The van der Waals surface area contributed by atoms with Crippen molar-refractivity contribution < 1.29 is 18.0 Å². The molecule has 0 atom stereocenters. The van der Waals surface area contributed by atoms with Crippen molar-refractivity contribution in [1.29, 1.82) is 0 Å². The molecule has 0 aliphatic heterocycles. The second-order valence-electron chi connectivity index (χ2n) is 4.05. The van der Waals surface area contributed by atoms with Gasteiger partial charge in [0.15, 0.2) is 5.69 Å². The van der Waals surface area contributed by atoms with E-state index in [1.165, 1.54) is 0 Å². The van der Waals surface area contributed by atoms with Crippen molar-refractivity contribution >= 4 is 5.91 Å². The fourth-order valence-electron chi connectivity index (χ4n) is 1.39. The third-order valence-corrected chi connectivity index (χ3v) is 2.17. The van der Waals surface area contributed by atoms with E-state index < -0.39 is 29.9 Å². The van der Waals surface area contributed by atoms with Crippen LogP contribution < -0.4 is 5.73 Å². The predicted octanol–water partition coefficient (Wildman–Crippen LogP) is -0.114. The van der Waals surface area contributed by atoms with Crippen LogP contribution in [0.2, 0.25) is 0 Å². The third-order valence-electron chi connectivity index (χ3n) is 2.17. The number of halogens is 3. The quantitative estimate of drug-likeness (QED) is 0.805. The molecule has 0 radical (unpaired) electrons.